The number of aromatic nitrogens is 4. The molecule has 1 unspecified atom stereocenters. The van der Waals surface area contributed by atoms with Crippen LogP contribution in [0.2, 0.25) is 0 Å². The third-order valence-electron chi connectivity index (χ3n) is 3.69. The molecular weight excluding hydrogens is 380 g/mol. The van der Waals surface area contributed by atoms with Crippen LogP contribution < -0.4 is 10.6 Å². The Hall–Kier alpha value is -3.01. The van der Waals surface area contributed by atoms with E-state index in [0.29, 0.717) is 11.5 Å². The molecule has 3 aromatic heterocycles. The molecule has 0 aliphatic rings. The molecule has 2 amide bonds. The number of hydrogen-bond donors (Lipinski definition) is 2. The molecule has 0 saturated heterocycles. The van der Waals surface area contributed by atoms with Crippen molar-refractivity contribution in [3.05, 3.63) is 34.8 Å². The molecule has 148 valence electrons. The number of nitrogens with one attached hydrogen (secondary N) is 2. The van der Waals surface area contributed by atoms with Crippen LogP contribution in [-0.4, -0.2) is 43.5 Å². The summed E-state index contributed by atoms with van der Waals surface area (Å²) in [5, 5.41) is 21.9. The van der Waals surface area contributed by atoms with Crippen molar-refractivity contribution in [3.8, 4) is 11.3 Å². The van der Waals surface area contributed by atoms with Crippen molar-refractivity contribution >= 4 is 29.0 Å². The molecule has 0 aliphatic carbocycles. The van der Waals surface area contributed by atoms with Crippen LogP contribution in [0.4, 0.5) is 4.79 Å². The first-order chi connectivity index (χ1) is 13.2. The fraction of sp³-hybridized carbons (Fsp3) is 0.389. The average Bonchev–Trinajstić information content (AvgIpc) is 3.27. The molecule has 2 N–H and O–H groups in total. The van der Waals surface area contributed by atoms with Gasteiger partial charge in [0.1, 0.15) is 11.6 Å². The van der Waals surface area contributed by atoms with Crippen molar-refractivity contribution in [1.29, 1.82) is 0 Å². The van der Waals surface area contributed by atoms with Gasteiger partial charge in [-0.2, -0.15) is 21.0 Å². The van der Waals surface area contributed by atoms with Crippen LogP contribution >= 0.6 is 11.3 Å². The fourth-order valence-electron chi connectivity index (χ4n) is 2.38. The maximum absolute atomic E-state index is 12.3. The summed E-state index contributed by atoms with van der Waals surface area (Å²) in [6.45, 7) is 6.97. The molecule has 0 aliphatic heterocycles. The van der Waals surface area contributed by atoms with Gasteiger partial charge in [-0.05, 0) is 51.3 Å². The number of carbonyl (C=O) groups is 2. The number of hydrogen-bond acceptors (Lipinski definition) is 7. The van der Waals surface area contributed by atoms with Gasteiger partial charge in [0.15, 0.2) is 11.5 Å². The van der Waals surface area contributed by atoms with E-state index in [2.05, 4.69) is 25.9 Å². The smallest absolute Gasteiger partial charge is 0.408 e. The summed E-state index contributed by atoms with van der Waals surface area (Å²) < 4.78 is 6.75. The van der Waals surface area contributed by atoms with E-state index in [0.717, 1.165) is 11.3 Å². The summed E-state index contributed by atoms with van der Waals surface area (Å²) in [6, 6.07) is 4.92. The third-order valence-corrected chi connectivity index (χ3v) is 4.37. The molecule has 0 radical (unpaired) electrons. The van der Waals surface area contributed by atoms with E-state index in [-0.39, 0.29) is 12.5 Å². The van der Waals surface area contributed by atoms with Crippen LogP contribution in [-0.2, 0) is 16.1 Å². The van der Waals surface area contributed by atoms with Gasteiger partial charge in [-0.25, -0.2) is 4.79 Å². The lowest BCUT2D eigenvalue weighted by molar-refractivity contribution is -0.123. The average molecular weight is 402 g/mol. The Kier molecular flexibility index (Phi) is 5.59. The van der Waals surface area contributed by atoms with E-state index in [4.69, 9.17) is 4.74 Å². The lowest BCUT2D eigenvalue weighted by Crippen LogP contribution is -2.46. The normalized spacial score (nSPS) is 12.6. The van der Waals surface area contributed by atoms with Crippen LogP contribution in [0.15, 0.2) is 29.0 Å². The summed E-state index contributed by atoms with van der Waals surface area (Å²) in [5.74, 6) is 0.126. The number of alkyl carbamates (subject to hydrolysis) is 1. The van der Waals surface area contributed by atoms with Crippen molar-refractivity contribution in [2.24, 2.45) is 0 Å². The third kappa shape index (κ3) is 4.83. The summed E-state index contributed by atoms with van der Waals surface area (Å²) in [7, 11) is 0. The standard InChI is InChI=1S/C18H22N6O3S/c1-11(20-17(26)27-18(2,3)4)16(25)19-9-15-22-21-14-6-5-13(23-24(14)15)12-7-8-28-10-12/h5-8,10-11H,9H2,1-4H3,(H,19,25)(H,20,26). The second-order valence-corrected chi connectivity index (χ2v) is 7.98. The SMILES string of the molecule is CC(NC(=O)OC(C)(C)C)C(=O)NCc1nnc2ccc(-c3ccsc3)nn12. The number of rotatable bonds is 5. The predicted molar refractivity (Wildman–Crippen MR) is 105 cm³/mol. The molecule has 0 spiro atoms. The minimum absolute atomic E-state index is 0.125. The molecule has 0 bridgehead atoms. The van der Waals surface area contributed by atoms with E-state index in [1.165, 1.54) is 0 Å². The van der Waals surface area contributed by atoms with Gasteiger partial charge in [-0.1, -0.05) is 0 Å². The van der Waals surface area contributed by atoms with Gasteiger partial charge in [0, 0.05) is 10.9 Å². The molecule has 0 aromatic carbocycles. The Balaban J connectivity index is 1.64. The van der Waals surface area contributed by atoms with Gasteiger partial charge in [0.25, 0.3) is 0 Å². The highest BCUT2D eigenvalue weighted by Crippen LogP contribution is 2.20. The fourth-order valence-corrected chi connectivity index (χ4v) is 3.03. The molecule has 0 fully saturated rings. The minimum Gasteiger partial charge on any atom is -0.444 e. The Morgan fingerprint density at radius 3 is 2.71 bits per heavy atom. The minimum atomic E-state index is -0.761. The van der Waals surface area contributed by atoms with Crippen LogP contribution in [0.5, 0.6) is 0 Å². The maximum atomic E-state index is 12.3. The summed E-state index contributed by atoms with van der Waals surface area (Å²) in [5.41, 5.74) is 1.75. The van der Waals surface area contributed by atoms with E-state index in [9.17, 15) is 9.59 Å². The number of nitrogens with zero attached hydrogens (tertiary/aromatic N) is 4. The van der Waals surface area contributed by atoms with E-state index in [1.54, 1.807) is 43.5 Å². The highest BCUT2D eigenvalue weighted by molar-refractivity contribution is 7.08. The molecule has 0 saturated carbocycles. The van der Waals surface area contributed by atoms with Gasteiger partial charge >= 0.3 is 6.09 Å². The first kappa shape index (κ1) is 19.7. The summed E-state index contributed by atoms with van der Waals surface area (Å²) in [4.78, 5) is 24.1. The van der Waals surface area contributed by atoms with Crippen LogP contribution in [0, 0.1) is 0 Å². The number of fused-ring (bicyclic) bond motifs is 1. The van der Waals surface area contributed by atoms with Crippen molar-refractivity contribution in [1.82, 2.24) is 30.4 Å². The quantitative estimate of drug-likeness (QED) is 0.678. The summed E-state index contributed by atoms with van der Waals surface area (Å²) >= 11 is 1.59. The van der Waals surface area contributed by atoms with Gasteiger partial charge < -0.3 is 15.4 Å². The Morgan fingerprint density at radius 1 is 1.25 bits per heavy atom. The highest BCUT2D eigenvalue weighted by Gasteiger charge is 2.21. The number of ether oxygens (including phenoxy) is 1. The Labute approximate surface area is 166 Å². The van der Waals surface area contributed by atoms with Gasteiger partial charge in [0.05, 0.1) is 12.2 Å². The molecule has 3 rings (SSSR count). The topological polar surface area (TPSA) is 111 Å². The molecule has 28 heavy (non-hydrogen) atoms. The predicted octanol–water partition coefficient (Wildman–Crippen LogP) is 2.38. The number of thiophene rings is 1. The van der Waals surface area contributed by atoms with E-state index in [1.807, 2.05) is 29.0 Å². The summed E-state index contributed by atoms with van der Waals surface area (Å²) in [6.07, 6.45) is -0.648. The number of carbonyl (C=O) groups excluding carboxylic acids is 2. The molecule has 1 atom stereocenters. The zero-order chi connectivity index (χ0) is 20.3. The zero-order valence-corrected chi connectivity index (χ0v) is 16.9. The second-order valence-electron chi connectivity index (χ2n) is 7.20. The van der Waals surface area contributed by atoms with Crippen molar-refractivity contribution in [2.75, 3.05) is 0 Å². The van der Waals surface area contributed by atoms with Crippen molar-refractivity contribution in [3.63, 3.8) is 0 Å². The first-order valence-electron chi connectivity index (χ1n) is 8.74. The maximum Gasteiger partial charge on any atom is 0.408 e. The molecule has 9 nitrogen and oxygen atoms in total. The Bertz CT molecular complexity index is 977. The lowest BCUT2D eigenvalue weighted by atomic mass is 10.2. The van der Waals surface area contributed by atoms with E-state index < -0.39 is 17.7 Å². The van der Waals surface area contributed by atoms with Gasteiger partial charge in [-0.3, -0.25) is 4.79 Å². The van der Waals surface area contributed by atoms with Crippen molar-refractivity contribution < 1.29 is 14.3 Å². The second kappa shape index (κ2) is 7.93. The largest absolute Gasteiger partial charge is 0.444 e. The van der Waals surface area contributed by atoms with Crippen LogP contribution in [0.25, 0.3) is 16.9 Å². The van der Waals surface area contributed by atoms with Gasteiger partial charge in [0.2, 0.25) is 5.91 Å². The Morgan fingerprint density at radius 2 is 2.04 bits per heavy atom. The highest BCUT2D eigenvalue weighted by atomic mass is 32.1. The van der Waals surface area contributed by atoms with Gasteiger partial charge in [-0.15, -0.1) is 10.2 Å². The molecule has 10 heteroatoms. The number of amides is 2. The molecule has 3 heterocycles. The monoisotopic (exact) mass is 402 g/mol. The lowest BCUT2D eigenvalue weighted by Gasteiger charge is -2.21. The van der Waals surface area contributed by atoms with Crippen LogP contribution in [0.3, 0.4) is 0 Å². The first-order valence-corrected chi connectivity index (χ1v) is 9.68. The molecular formula is C18H22N6O3S. The van der Waals surface area contributed by atoms with Crippen LogP contribution in [0.1, 0.15) is 33.5 Å². The van der Waals surface area contributed by atoms with Crippen molar-refractivity contribution in [2.45, 2.75) is 45.9 Å². The molecule has 3 aromatic rings. The van der Waals surface area contributed by atoms with E-state index >= 15 is 0 Å². The zero-order valence-electron chi connectivity index (χ0n) is 16.1.